The summed E-state index contributed by atoms with van der Waals surface area (Å²) >= 11 is 6.14. The number of halogens is 1. The van der Waals surface area contributed by atoms with Crippen LogP contribution in [0.1, 0.15) is 0 Å². The molecular weight excluding hydrogens is 320 g/mol. The molecule has 1 aromatic heterocycles. The highest BCUT2D eigenvalue weighted by Gasteiger charge is 2.29. The van der Waals surface area contributed by atoms with Crippen molar-refractivity contribution in [1.29, 1.82) is 0 Å². The van der Waals surface area contributed by atoms with Gasteiger partial charge in [-0.05, 0) is 0 Å². The van der Waals surface area contributed by atoms with Gasteiger partial charge in [-0.3, -0.25) is 14.9 Å². The molecule has 8 nitrogen and oxygen atoms in total. The van der Waals surface area contributed by atoms with Crippen molar-refractivity contribution in [3.8, 4) is 0 Å². The lowest BCUT2D eigenvalue weighted by molar-refractivity contribution is -0.384. The first kappa shape index (κ1) is 15.8. The second kappa shape index (κ2) is 5.82. The van der Waals surface area contributed by atoms with Gasteiger partial charge in [0, 0.05) is 13.1 Å². The van der Waals surface area contributed by atoms with Crippen LogP contribution in [0.3, 0.4) is 0 Å². The number of sulfonamides is 1. The van der Waals surface area contributed by atoms with Crippen LogP contribution in [-0.4, -0.2) is 44.3 Å². The highest BCUT2D eigenvalue weighted by Crippen LogP contribution is 2.37. The summed E-state index contributed by atoms with van der Waals surface area (Å²) < 4.78 is 28.6. The molecule has 0 atom stereocenters. The summed E-state index contributed by atoms with van der Waals surface area (Å²) in [4.78, 5) is 20.8. The summed E-state index contributed by atoms with van der Waals surface area (Å²) in [5, 5.41) is 10.6. The monoisotopic (exact) mass is 328 g/mol. The molecule has 0 aromatic carbocycles. The van der Waals surface area contributed by atoms with Crippen molar-refractivity contribution < 1.29 is 22.9 Å². The first-order chi connectivity index (χ1) is 8.70. The molecule has 0 unspecified atom stereocenters. The van der Waals surface area contributed by atoms with Crippen LogP contribution in [-0.2, 0) is 19.6 Å². The van der Waals surface area contributed by atoms with Crippen LogP contribution in [0.25, 0.3) is 0 Å². The van der Waals surface area contributed by atoms with Crippen molar-refractivity contribution in [3.05, 3.63) is 20.5 Å². The summed E-state index contributed by atoms with van der Waals surface area (Å²) in [6.07, 6.45) is 0. The van der Waals surface area contributed by atoms with Gasteiger partial charge in [0.2, 0.25) is 0 Å². The Bertz CT molecular complexity index is 611. The van der Waals surface area contributed by atoms with E-state index in [-0.39, 0.29) is 8.55 Å². The molecule has 0 radical (unpaired) electrons. The van der Waals surface area contributed by atoms with E-state index in [2.05, 4.69) is 4.74 Å². The molecule has 0 N–H and O–H groups in total. The van der Waals surface area contributed by atoms with Gasteiger partial charge in [-0.15, -0.1) is 11.3 Å². The van der Waals surface area contributed by atoms with Crippen molar-refractivity contribution in [2.24, 2.45) is 0 Å². The molecule has 1 heterocycles. The Labute approximate surface area is 117 Å². The van der Waals surface area contributed by atoms with Gasteiger partial charge >= 0.3 is 5.97 Å². The van der Waals surface area contributed by atoms with Crippen molar-refractivity contribution in [1.82, 2.24) is 4.31 Å². The maximum Gasteiger partial charge on any atom is 0.321 e. The molecule has 11 heteroatoms. The van der Waals surface area contributed by atoms with Gasteiger partial charge in [-0.1, -0.05) is 11.6 Å². The largest absolute Gasteiger partial charge is 0.468 e. The Hall–Kier alpha value is -1.23. The van der Waals surface area contributed by atoms with E-state index >= 15 is 0 Å². The van der Waals surface area contributed by atoms with Gasteiger partial charge in [0.25, 0.3) is 15.7 Å². The van der Waals surface area contributed by atoms with E-state index in [0.29, 0.717) is 11.3 Å². The lowest BCUT2D eigenvalue weighted by Crippen LogP contribution is -2.32. The summed E-state index contributed by atoms with van der Waals surface area (Å²) in [5.74, 6) is -0.747. The highest BCUT2D eigenvalue weighted by molar-refractivity contribution is 7.91. The molecule has 1 rings (SSSR count). The number of likely N-dealkylation sites (N-methyl/N-ethyl adjacent to an activating group) is 1. The zero-order chi connectivity index (χ0) is 14.8. The fraction of sp³-hybridized carbons (Fsp3) is 0.375. The van der Waals surface area contributed by atoms with Crippen LogP contribution in [0.2, 0.25) is 4.34 Å². The molecule has 0 saturated carbocycles. The van der Waals surface area contributed by atoms with Crippen molar-refractivity contribution >= 4 is 44.6 Å². The van der Waals surface area contributed by atoms with Gasteiger partial charge in [0.15, 0.2) is 4.34 Å². The number of thiophene rings is 1. The average molecular weight is 329 g/mol. The Balaban J connectivity index is 3.10. The number of nitrogens with zero attached hydrogens (tertiary/aromatic N) is 2. The quantitative estimate of drug-likeness (QED) is 0.455. The fourth-order valence-electron chi connectivity index (χ4n) is 1.07. The van der Waals surface area contributed by atoms with E-state index in [1.165, 1.54) is 0 Å². The summed E-state index contributed by atoms with van der Waals surface area (Å²) in [6.45, 7) is -0.498. The molecule has 0 fully saturated rings. The van der Waals surface area contributed by atoms with Crippen molar-refractivity contribution in [3.63, 3.8) is 0 Å². The van der Waals surface area contributed by atoms with Gasteiger partial charge in [0.1, 0.15) is 10.8 Å². The molecule has 0 aliphatic heterocycles. The van der Waals surface area contributed by atoms with Crippen LogP contribution < -0.4 is 0 Å². The van der Waals surface area contributed by atoms with Gasteiger partial charge in [-0.2, -0.15) is 4.31 Å². The Morgan fingerprint density at radius 3 is 2.63 bits per heavy atom. The third kappa shape index (κ3) is 3.41. The normalized spacial score (nSPS) is 11.6. The van der Waals surface area contributed by atoms with E-state index in [1.54, 1.807) is 0 Å². The zero-order valence-corrected chi connectivity index (χ0v) is 12.2. The standard InChI is InChI=1S/C8H9ClN2O6S2/c1-10(4-6(12)17-2)19(15,16)7-3-5(11(13)14)8(9)18-7/h3H,4H2,1-2H3. The molecule has 0 bridgehead atoms. The first-order valence-electron chi connectivity index (χ1n) is 4.67. The van der Waals surface area contributed by atoms with Crippen LogP contribution in [0.15, 0.2) is 10.3 Å². The number of methoxy groups -OCH3 is 1. The Morgan fingerprint density at radius 1 is 1.63 bits per heavy atom. The number of ether oxygens (including phenoxy) is 1. The fourth-order valence-corrected chi connectivity index (χ4v) is 4.07. The average Bonchev–Trinajstić information content (AvgIpc) is 2.71. The third-order valence-electron chi connectivity index (χ3n) is 2.09. The molecular formula is C8H9ClN2O6S2. The molecule has 0 amide bonds. The van der Waals surface area contributed by atoms with E-state index < -0.39 is 33.1 Å². The van der Waals surface area contributed by atoms with E-state index in [0.717, 1.165) is 24.5 Å². The molecule has 0 aliphatic carbocycles. The van der Waals surface area contributed by atoms with Gasteiger partial charge in [-0.25, -0.2) is 8.42 Å². The summed E-state index contributed by atoms with van der Waals surface area (Å²) in [7, 11) is -1.74. The number of carbonyl (C=O) groups excluding carboxylic acids is 1. The van der Waals surface area contributed by atoms with Crippen LogP contribution in [0.5, 0.6) is 0 Å². The number of carbonyl (C=O) groups is 1. The number of nitro groups is 1. The number of hydrogen-bond acceptors (Lipinski definition) is 7. The smallest absolute Gasteiger partial charge is 0.321 e. The third-order valence-corrected chi connectivity index (χ3v) is 5.68. The minimum absolute atomic E-state index is 0.241. The Kier molecular flexibility index (Phi) is 4.85. The topological polar surface area (TPSA) is 107 Å². The highest BCUT2D eigenvalue weighted by atomic mass is 35.5. The van der Waals surface area contributed by atoms with E-state index in [1.807, 2.05) is 0 Å². The molecule has 1 aromatic rings. The van der Waals surface area contributed by atoms with Gasteiger partial charge < -0.3 is 4.74 Å². The second-order valence-corrected chi connectivity index (χ2v) is 7.24. The summed E-state index contributed by atoms with van der Waals surface area (Å²) in [6, 6.07) is 0.857. The lowest BCUT2D eigenvalue weighted by atomic mass is 10.6. The van der Waals surface area contributed by atoms with Crippen molar-refractivity contribution in [2.45, 2.75) is 4.21 Å². The minimum Gasteiger partial charge on any atom is -0.468 e. The zero-order valence-electron chi connectivity index (χ0n) is 9.82. The molecule has 0 spiro atoms. The first-order valence-corrected chi connectivity index (χ1v) is 7.30. The maximum atomic E-state index is 12.0. The molecule has 0 aliphatic rings. The SMILES string of the molecule is COC(=O)CN(C)S(=O)(=O)c1cc([N+](=O)[O-])c(Cl)s1. The maximum absolute atomic E-state index is 12.0. The summed E-state index contributed by atoms with van der Waals surface area (Å²) in [5.41, 5.74) is -0.489. The van der Waals surface area contributed by atoms with Crippen LogP contribution in [0, 0.1) is 10.1 Å². The predicted octanol–water partition coefficient (Wildman–Crippen LogP) is 1.10. The second-order valence-electron chi connectivity index (χ2n) is 3.32. The van der Waals surface area contributed by atoms with Crippen LogP contribution in [0.4, 0.5) is 5.69 Å². The predicted molar refractivity (Wildman–Crippen MR) is 67.8 cm³/mol. The number of hydrogen-bond donors (Lipinski definition) is 0. The lowest BCUT2D eigenvalue weighted by Gasteiger charge is -2.13. The molecule has 0 saturated heterocycles. The molecule has 106 valence electrons. The minimum atomic E-state index is -4.02. The van der Waals surface area contributed by atoms with Crippen molar-refractivity contribution in [2.75, 3.05) is 20.7 Å². The van der Waals surface area contributed by atoms with Crippen LogP contribution >= 0.6 is 22.9 Å². The molecule has 19 heavy (non-hydrogen) atoms. The Morgan fingerprint density at radius 2 is 2.21 bits per heavy atom. The van der Waals surface area contributed by atoms with E-state index in [4.69, 9.17) is 11.6 Å². The number of rotatable bonds is 5. The van der Waals surface area contributed by atoms with Gasteiger partial charge in [0.05, 0.1) is 12.0 Å². The van der Waals surface area contributed by atoms with E-state index in [9.17, 15) is 23.3 Å². The number of esters is 1.